The third kappa shape index (κ3) is 2.86. The Morgan fingerprint density at radius 2 is 2.09 bits per heavy atom. The number of hydrogen-bond donors (Lipinski definition) is 1. The van der Waals surface area contributed by atoms with Gasteiger partial charge in [-0.2, -0.15) is 0 Å². The molecule has 0 aromatic carbocycles. The minimum absolute atomic E-state index is 0.0428. The van der Waals surface area contributed by atoms with E-state index < -0.39 is 5.60 Å². The fraction of sp³-hybridized carbons (Fsp3) is 0.655. The van der Waals surface area contributed by atoms with Crippen LogP contribution in [0.5, 0.6) is 0 Å². The number of allylic oxidation sites excluding steroid dienone is 5. The second-order valence-electron chi connectivity index (χ2n) is 11.8. The normalized spacial score (nSPS) is 41.5. The number of rotatable bonds is 4. The number of nitrogens with zero attached hydrogens (tertiary/aromatic N) is 3. The zero-order valence-corrected chi connectivity index (χ0v) is 20.8. The van der Waals surface area contributed by atoms with Crippen LogP contribution in [0, 0.1) is 28.6 Å². The molecule has 0 spiro atoms. The van der Waals surface area contributed by atoms with Crippen LogP contribution in [0.2, 0.25) is 0 Å². The van der Waals surface area contributed by atoms with E-state index in [-0.39, 0.29) is 16.9 Å². The van der Waals surface area contributed by atoms with Crippen LogP contribution in [0.3, 0.4) is 0 Å². The van der Waals surface area contributed by atoms with Crippen LogP contribution in [0.1, 0.15) is 90.3 Å². The summed E-state index contributed by atoms with van der Waals surface area (Å²) >= 11 is 0. The molecule has 3 saturated carbocycles. The Hall–Kier alpha value is -2.23. The van der Waals surface area contributed by atoms with Gasteiger partial charge < -0.3 is 5.11 Å². The molecule has 7 atom stereocenters. The van der Waals surface area contributed by atoms with Crippen molar-refractivity contribution in [1.29, 1.82) is 0 Å². The van der Waals surface area contributed by atoms with Gasteiger partial charge in [0.2, 0.25) is 0 Å². The summed E-state index contributed by atoms with van der Waals surface area (Å²) < 4.78 is 1.89. The molecule has 1 unspecified atom stereocenters. The van der Waals surface area contributed by atoms with Gasteiger partial charge in [0.15, 0.2) is 0 Å². The molecule has 0 bridgehead atoms. The Morgan fingerprint density at radius 3 is 2.85 bits per heavy atom. The van der Waals surface area contributed by atoms with E-state index in [1.807, 2.05) is 23.0 Å². The van der Waals surface area contributed by atoms with Crippen LogP contribution in [0.25, 0.3) is 0 Å². The molecule has 0 amide bonds. The van der Waals surface area contributed by atoms with Crippen molar-refractivity contribution in [3.63, 3.8) is 0 Å². The molecule has 34 heavy (non-hydrogen) atoms. The molecule has 0 aliphatic heterocycles. The monoisotopic (exact) mass is 459 g/mol. The average molecular weight is 460 g/mol. The molecule has 6 rings (SSSR count). The summed E-state index contributed by atoms with van der Waals surface area (Å²) in [6, 6.07) is 0.0428. The van der Waals surface area contributed by atoms with Gasteiger partial charge in [-0.05, 0) is 87.2 Å². The first kappa shape index (κ1) is 22.2. The van der Waals surface area contributed by atoms with Crippen molar-refractivity contribution < 1.29 is 9.90 Å². The lowest BCUT2D eigenvalue weighted by Crippen LogP contribution is -2.54. The second-order valence-corrected chi connectivity index (χ2v) is 11.8. The van der Waals surface area contributed by atoms with Gasteiger partial charge in [-0.3, -0.25) is 4.79 Å². The molecule has 5 aliphatic rings. The number of ketones is 1. The summed E-state index contributed by atoms with van der Waals surface area (Å²) in [5, 5.41) is 21.4. The van der Waals surface area contributed by atoms with Gasteiger partial charge in [-0.1, -0.05) is 36.8 Å². The first-order chi connectivity index (χ1) is 16.3. The van der Waals surface area contributed by atoms with Gasteiger partial charge in [0.05, 0.1) is 12.2 Å². The highest BCUT2D eigenvalue weighted by Crippen LogP contribution is 2.70. The molecule has 1 heterocycles. The van der Waals surface area contributed by atoms with E-state index >= 15 is 0 Å². The fourth-order valence-electron chi connectivity index (χ4n) is 8.83. The number of aliphatic hydroxyl groups is 1. The lowest BCUT2D eigenvalue weighted by Gasteiger charge is -2.59. The molecule has 5 nitrogen and oxygen atoms in total. The topological polar surface area (TPSA) is 68.0 Å². The molecule has 5 heteroatoms. The van der Waals surface area contributed by atoms with Crippen molar-refractivity contribution in [2.24, 2.45) is 28.6 Å². The van der Waals surface area contributed by atoms with Crippen molar-refractivity contribution in [2.45, 2.75) is 90.2 Å². The van der Waals surface area contributed by atoms with Gasteiger partial charge in [-0.15, -0.1) is 10.8 Å². The van der Waals surface area contributed by atoms with Crippen molar-refractivity contribution in [1.82, 2.24) is 15.0 Å². The molecule has 0 saturated heterocycles. The molecule has 0 radical (unpaired) electrons. The largest absolute Gasteiger partial charge is 0.383 e. The van der Waals surface area contributed by atoms with Crippen LogP contribution < -0.4 is 0 Å². The predicted octanol–water partition coefficient (Wildman–Crippen LogP) is 5.60. The number of hydrogen-bond acceptors (Lipinski definition) is 4. The number of Topliss-reactive ketones (excluding diaryl/α,β-unsaturated/α-hetero) is 1. The fourth-order valence-corrected chi connectivity index (χ4v) is 8.83. The Kier molecular flexibility index (Phi) is 4.99. The quantitative estimate of drug-likeness (QED) is 0.470. The lowest BCUT2D eigenvalue weighted by atomic mass is 9.46. The third-order valence-corrected chi connectivity index (χ3v) is 10.8. The summed E-state index contributed by atoms with van der Waals surface area (Å²) in [7, 11) is 0. The van der Waals surface area contributed by atoms with Crippen LogP contribution >= 0.6 is 0 Å². The summed E-state index contributed by atoms with van der Waals surface area (Å²) in [4.78, 5) is 12.2. The SMILES string of the molecule is CC[C@]12CC[C@H]3[C@@H](CC=C4CC(=O)CC[C@@]43C)[C@@H]1CC[C@@]2(O)c1cn(C(C)C2=C=CC=C2)nn1. The smallest absolute Gasteiger partial charge is 0.136 e. The van der Waals surface area contributed by atoms with Crippen LogP contribution in [0.4, 0.5) is 0 Å². The van der Waals surface area contributed by atoms with Crippen LogP contribution in [0.15, 0.2) is 47.4 Å². The van der Waals surface area contributed by atoms with Gasteiger partial charge in [0.25, 0.3) is 0 Å². The molecule has 1 aromatic heterocycles. The van der Waals surface area contributed by atoms with Crippen molar-refractivity contribution in [2.75, 3.05) is 0 Å². The molecule has 1 N–H and O–H groups in total. The van der Waals surface area contributed by atoms with Crippen LogP contribution in [-0.4, -0.2) is 25.9 Å². The molecule has 180 valence electrons. The first-order valence-electron chi connectivity index (χ1n) is 13.3. The maximum atomic E-state index is 12.4. The molecule has 3 fully saturated rings. The minimum Gasteiger partial charge on any atom is -0.383 e. The lowest BCUT2D eigenvalue weighted by molar-refractivity contribution is -0.144. The number of aromatic nitrogens is 3. The maximum absolute atomic E-state index is 12.4. The molecule has 1 aromatic rings. The van der Waals surface area contributed by atoms with Gasteiger partial charge in [0, 0.05) is 23.8 Å². The van der Waals surface area contributed by atoms with Crippen molar-refractivity contribution in [3.8, 4) is 0 Å². The van der Waals surface area contributed by atoms with Crippen molar-refractivity contribution in [3.05, 3.63) is 53.1 Å². The Labute approximate surface area is 202 Å². The summed E-state index contributed by atoms with van der Waals surface area (Å²) in [6.07, 6.45) is 18.8. The van der Waals surface area contributed by atoms with Crippen molar-refractivity contribution >= 4 is 5.78 Å². The highest BCUT2D eigenvalue weighted by Gasteiger charge is 2.66. The predicted molar refractivity (Wildman–Crippen MR) is 131 cm³/mol. The van der Waals surface area contributed by atoms with E-state index in [4.69, 9.17) is 0 Å². The highest BCUT2D eigenvalue weighted by atomic mass is 16.3. The van der Waals surface area contributed by atoms with Gasteiger partial charge in [-0.25, -0.2) is 4.68 Å². The number of carbonyl (C=O) groups excluding carboxylic acids is 1. The Balaban J connectivity index is 1.33. The first-order valence-corrected chi connectivity index (χ1v) is 13.3. The van der Waals surface area contributed by atoms with E-state index in [1.165, 1.54) is 5.57 Å². The number of carbonyl (C=O) groups is 1. The van der Waals surface area contributed by atoms with Gasteiger partial charge >= 0.3 is 0 Å². The summed E-state index contributed by atoms with van der Waals surface area (Å²) in [5.41, 5.74) is 5.58. The van der Waals surface area contributed by atoms with E-state index in [2.05, 4.69) is 49.0 Å². The van der Waals surface area contributed by atoms with E-state index in [9.17, 15) is 9.90 Å². The molecular weight excluding hydrogens is 422 g/mol. The minimum atomic E-state index is -0.932. The third-order valence-electron chi connectivity index (χ3n) is 10.8. The van der Waals surface area contributed by atoms with Gasteiger partial charge in [0.1, 0.15) is 17.1 Å². The summed E-state index contributed by atoms with van der Waals surface area (Å²) in [6.45, 7) is 6.80. The highest BCUT2D eigenvalue weighted by molar-refractivity contribution is 5.82. The number of fused-ring (bicyclic) bond motifs is 5. The Morgan fingerprint density at radius 1 is 1.26 bits per heavy atom. The summed E-state index contributed by atoms with van der Waals surface area (Å²) in [5.74, 6) is 2.10. The van der Waals surface area contributed by atoms with E-state index in [0.717, 1.165) is 62.6 Å². The van der Waals surface area contributed by atoms with Crippen LogP contribution in [-0.2, 0) is 10.4 Å². The standard InChI is InChI=1S/C29H37N3O2/c1-4-28-15-12-24-23(10-9-21-17-22(33)11-14-27(21,24)3)25(28)13-16-29(28,34)26-18-32(31-30-26)19(2)20-7-5-6-8-20/h5-7,9,18-19,23-25,34H,4,10-17H2,1-3H3/t19?,23-,24+,25+,27+,28+,29-/m1/s1. The maximum Gasteiger partial charge on any atom is 0.136 e. The zero-order valence-electron chi connectivity index (χ0n) is 20.8. The second kappa shape index (κ2) is 7.63. The van der Waals surface area contributed by atoms with E-state index in [0.29, 0.717) is 30.0 Å². The molecule has 5 aliphatic carbocycles. The zero-order chi connectivity index (χ0) is 23.7. The Bertz CT molecular complexity index is 1150. The van der Waals surface area contributed by atoms with E-state index in [1.54, 1.807) is 0 Å². The molecular formula is C29H37N3O2. The average Bonchev–Trinajstić information content (AvgIpc) is 3.59.